The van der Waals surface area contributed by atoms with Gasteiger partial charge in [0.1, 0.15) is 5.82 Å². The molecule has 0 amide bonds. The summed E-state index contributed by atoms with van der Waals surface area (Å²) in [7, 11) is 0. The van der Waals surface area contributed by atoms with Crippen molar-refractivity contribution in [3.05, 3.63) is 29.0 Å². The van der Waals surface area contributed by atoms with Crippen LogP contribution < -0.4 is 5.32 Å². The summed E-state index contributed by atoms with van der Waals surface area (Å²) < 4.78 is 1.77. The van der Waals surface area contributed by atoms with E-state index in [-0.39, 0.29) is 12.0 Å². The van der Waals surface area contributed by atoms with Gasteiger partial charge in [0, 0.05) is 24.1 Å². The molecule has 0 aromatic carbocycles. The minimum atomic E-state index is -0.0283. The molecular formula is C16H21N5OS. The fraction of sp³-hybridized carbons (Fsp3) is 0.438. The molecule has 3 rings (SSSR count). The van der Waals surface area contributed by atoms with Gasteiger partial charge < -0.3 is 10.4 Å². The first kappa shape index (κ1) is 15.9. The van der Waals surface area contributed by atoms with Crippen LogP contribution in [0.2, 0.25) is 0 Å². The normalized spacial score (nSPS) is 12.0. The third-order valence-electron chi connectivity index (χ3n) is 3.81. The quantitative estimate of drug-likeness (QED) is 0.651. The van der Waals surface area contributed by atoms with Gasteiger partial charge in [-0.2, -0.15) is 15.9 Å². The second kappa shape index (κ2) is 6.64. The topological polar surface area (TPSA) is 75.3 Å². The molecule has 0 unspecified atom stereocenters. The molecule has 122 valence electrons. The first-order chi connectivity index (χ1) is 11.1. The van der Waals surface area contributed by atoms with Crippen LogP contribution in [-0.4, -0.2) is 38.1 Å². The Labute approximate surface area is 139 Å². The number of fused-ring (bicyclic) bond motifs is 1. The Morgan fingerprint density at radius 1 is 1.26 bits per heavy atom. The summed E-state index contributed by atoms with van der Waals surface area (Å²) in [6.45, 7) is 5.17. The molecule has 0 aliphatic rings. The lowest BCUT2D eigenvalue weighted by molar-refractivity contribution is 0.149. The highest BCUT2D eigenvalue weighted by molar-refractivity contribution is 7.08. The van der Waals surface area contributed by atoms with Gasteiger partial charge in [-0.3, -0.25) is 0 Å². The van der Waals surface area contributed by atoms with E-state index in [4.69, 9.17) is 0 Å². The number of aromatic nitrogens is 4. The number of nitrogens with one attached hydrogen (secondary N) is 1. The lowest BCUT2D eigenvalue weighted by atomic mass is 9.89. The Bertz CT molecular complexity index is 766. The zero-order valence-electron chi connectivity index (χ0n) is 13.4. The van der Waals surface area contributed by atoms with Crippen molar-refractivity contribution in [2.45, 2.75) is 26.7 Å². The Morgan fingerprint density at radius 2 is 2.13 bits per heavy atom. The van der Waals surface area contributed by atoms with Gasteiger partial charge in [-0.05, 0) is 41.8 Å². The average molecular weight is 331 g/mol. The molecule has 0 aliphatic heterocycles. The summed E-state index contributed by atoms with van der Waals surface area (Å²) >= 11 is 1.63. The molecule has 3 heterocycles. The highest BCUT2D eigenvalue weighted by Gasteiger charge is 2.15. The number of thiophene rings is 1. The van der Waals surface area contributed by atoms with Crippen LogP contribution in [0, 0.1) is 5.41 Å². The smallest absolute Gasteiger partial charge is 0.186 e. The molecule has 0 saturated heterocycles. The summed E-state index contributed by atoms with van der Waals surface area (Å²) in [5.41, 5.74) is 1.73. The van der Waals surface area contributed by atoms with Crippen LogP contribution in [0.15, 0.2) is 29.0 Å². The maximum atomic E-state index is 9.28. The molecule has 23 heavy (non-hydrogen) atoms. The van der Waals surface area contributed by atoms with E-state index in [0.717, 1.165) is 42.2 Å². The van der Waals surface area contributed by atoms with Crippen molar-refractivity contribution in [2.75, 3.05) is 18.5 Å². The molecule has 2 N–H and O–H groups in total. The molecule has 0 bridgehead atoms. The van der Waals surface area contributed by atoms with Crippen LogP contribution in [0.1, 0.15) is 26.7 Å². The van der Waals surface area contributed by atoms with E-state index < -0.39 is 0 Å². The second-order valence-electron chi connectivity index (χ2n) is 6.38. The lowest BCUT2D eigenvalue weighted by Crippen LogP contribution is -2.18. The third kappa shape index (κ3) is 3.68. The lowest BCUT2D eigenvalue weighted by Gasteiger charge is -2.21. The minimum Gasteiger partial charge on any atom is -0.396 e. The summed E-state index contributed by atoms with van der Waals surface area (Å²) in [4.78, 5) is 0. The van der Waals surface area contributed by atoms with E-state index in [2.05, 4.69) is 34.5 Å². The Hall–Kier alpha value is -1.99. The predicted octanol–water partition coefficient (Wildman–Crippen LogP) is 3.06. The summed E-state index contributed by atoms with van der Waals surface area (Å²) in [6, 6.07) is 5.84. The molecule has 0 fully saturated rings. The van der Waals surface area contributed by atoms with Gasteiger partial charge in [-0.1, -0.05) is 13.8 Å². The molecule has 3 aromatic rings. The van der Waals surface area contributed by atoms with Crippen LogP contribution >= 0.6 is 11.3 Å². The van der Waals surface area contributed by atoms with Crippen molar-refractivity contribution in [1.82, 2.24) is 19.8 Å². The van der Waals surface area contributed by atoms with Crippen LogP contribution in [-0.2, 0) is 0 Å². The molecule has 3 aromatic heterocycles. The number of aliphatic hydroxyl groups is 1. The largest absolute Gasteiger partial charge is 0.396 e. The third-order valence-corrected chi connectivity index (χ3v) is 4.49. The van der Waals surface area contributed by atoms with Gasteiger partial charge in [-0.25, -0.2) is 0 Å². The molecule has 7 heteroatoms. The zero-order valence-corrected chi connectivity index (χ0v) is 14.2. The van der Waals surface area contributed by atoms with Crippen LogP contribution in [0.3, 0.4) is 0 Å². The van der Waals surface area contributed by atoms with Gasteiger partial charge in [0.2, 0.25) is 0 Å². The van der Waals surface area contributed by atoms with Crippen LogP contribution in [0.25, 0.3) is 17.0 Å². The van der Waals surface area contributed by atoms with Crippen molar-refractivity contribution in [2.24, 2.45) is 5.41 Å². The van der Waals surface area contributed by atoms with Gasteiger partial charge in [0.05, 0.1) is 0 Å². The van der Waals surface area contributed by atoms with Crippen molar-refractivity contribution in [1.29, 1.82) is 0 Å². The summed E-state index contributed by atoms with van der Waals surface area (Å²) in [5.74, 6) is 1.56. The minimum absolute atomic E-state index is 0.0283. The predicted molar refractivity (Wildman–Crippen MR) is 92.7 cm³/mol. The number of nitrogens with zero attached hydrogens (tertiary/aromatic N) is 4. The van der Waals surface area contributed by atoms with Gasteiger partial charge in [0.15, 0.2) is 11.5 Å². The Kier molecular flexibility index (Phi) is 4.58. The SMILES string of the molecule is CC(C)(CO)CCCNc1ccc2nnc(-c3ccsc3)n2n1. The molecule has 6 nitrogen and oxygen atoms in total. The monoisotopic (exact) mass is 331 g/mol. The van der Waals surface area contributed by atoms with Crippen molar-refractivity contribution < 1.29 is 5.11 Å². The van der Waals surface area contributed by atoms with Gasteiger partial charge in [-0.15, -0.1) is 15.3 Å². The number of hydrogen-bond acceptors (Lipinski definition) is 6. The van der Waals surface area contributed by atoms with Gasteiger partial charge in [0.25, 0.3) is 0 Å². The van der Waals surface area contributed by atoms with Crippen LogP contribution in [0.5, 0.6) is 0 Å². The van der Waals surface area contributed by atoms with Crippen molar-refractivity contribution in [3.8, 4) is 11.4 Å². The molecular weight excluding hydrogens is 310 g/mol. The molecule has 0 saturated carbocycles. The van der Waals surface area contributed by atoms with E-state index in [1.807, 2.05) is 29.0 Å². The van der Waals surface area contributed by atoms with E-state index in [0.29, 0.717) is 0 Å². The number of anilines is 1. The van der Waals surface area contributed by atoms with E-state index in [1.165, 1.54) is 0 Å². The zero-order chi connectivity index (χ0) is 16.3. The Morgan fingerprint density at radius 3 is 2.87 bits per heavy atom. The van der Waals surface area contributed by atoms with E-state index >= 15 is 0 Å². The fourth-order valence-electron chi connectivity index (χ4n) is 2.32. The number of aliphatic hydroxyl groups excluding tert-OH is 1. The maximum Gasteiger partial charge on any atom is 0.186 e. The second-order valence-corrected chi connectivity index (χ2v) is 7.16. The number of hydrogen-bond donors (Lipinski definition) is 2. The first-order valence-corrected chi connectivity index (χ1v) is 8.63. The highest BCUT2D eigenvalue weighted by Crippen LogP contribution is 2.22. The average Bonchev–Trinajstić information content (AvgIpc) is 3.20. The van der Waals surface area contributed by atoms with Crippen LogP contribution in [0.4, 0.5) is 5.82 Å². The van der Waals surface area contributed by atoms with E-state index in [1.54, 1.807) is 15.9 Å². The highest BCUT2D eigenvalue weighted by atomic mass is 32.1. The molecule has 0 aliphatic carbocycles. The van der Waals surface area contributed by atoms with Crippen molar-refractivity contribution >= 4 is 22.8 Å². The Balaban J connectivity index is 1.69. The first-order valence-electron chi connectivity index (χ1n) is 7.69. The molecule has 0 spiro atoms. The maximum absolute atomic E-state index is 9.28. The summed E-state index contributed by atoms with van der Waals surface area (Å²) in [6.07, 6.45) is 1.94. The summed E-state index contributed by atoms with van der Waals surface area (Å²) in [5, 5.41) is 29.6. The fourth-order valence-corrected chi connectivity index (χ4v) is 2.95. The molecule has 0 radical (unpaired) electrons. The van der Waals surface area contributed by atoms with Gasteiger partial charge >= 0.3 is 0 Å². The van der Waals surface area contributed by atoms with Crippen molar-refractivity contribution in [3.63, 3.8) is 0 Å². The van der Waals surface area contributed by atoms with E-state index in [9.17, 15) is 5.11 Å². The molecule has 0 atom stereocenters. The number of rotatable bonds is 7. The standard InChI is InChI=1S/C16H21N5OS/c1-16(2,11-22)7-3-8-17-13-4-5-14-18-19-15(21(14)20-13)12-6-9-23-10-12/h4-6,9-10,22H,3,7-8,11H2,1-2H3,(H,17,20).